The molecule has 0 aliphatic carbocycles. The van der Waals surface area contributed by atoms with Crippen molar-refractivity contribution in [1.29, 1.82) is 0 Å². The summed E-state index contributed by atoms with van der Waals surface area (Å²) in [4.78, 5) is 0. The van der Waals surface area contributed by atoms with Crippen LogP contribution in [0.3, 0.4) is 0 Å². The highest BCUT2D eigenvalue weighted by Crippen LogP contribution is 2.20. The molecule has 0 heterocycles. The standard InChI is InChI=1S/C24H49NSi/c1-6-9-10-11-12-13-14-15-16-17-18-19-20-21-22-23-24-26(7-2,8-3)25(4)5/h7-8H,2-3,6,9-24H2,1,4-5H3. The van der Waals surface area contributed by atoms with Crippen LogP contribution in [0.15, 0.2) is 24.6 Å². The van der Waals surface area contributed by atoms with E-state index in [1.54, 1.807) is 0 Å². The predicted octanol–water partition coefficient (Wildman–Crippen LogP) is 8.21. The summed E-state index contributed by atoms with van der Waals surface area (Å²) in [6.45, 7) is 10.4. The van der Waals surface area contributed by atoms with Crippen molar-refractivity contribution in [3.05, 3.63) is 24.6 Å². The second-order valence-corrected chi connectivity index (χ2v) is 12.5. The van der Waals surface area contributed by atoms with E-state index in [2.05, 4.69) is 50.1 Å². The lowest BCUT2D eigenvalue weighted by Gasteiger charge is -2.31. The van der Waals surface area contributed by atoms with Crippen LogP contribution >= 0.6 is 0 Å². The van der Waals surface area contributed by atoms with E-state index in [4.69, 9.17) is 0 Å². The normalized spacial score (nSPS) is 11.8. The molecule has 1 nitrogen and oxygen atoms in total. The predicted molar refractivity (Wildman–Crippen MR) is 124 cm³/mol. The van der Waals surface area contributed by atoms with Crippen molar-refractivity contribution in [1.82, 2.24) is 4.57 Å². The maximum Gasteiger partial charge on any atom is 0.176 e. The third kappa shape index (κ3) is 12.9. The molecule has 0 aromatic rings. The number of hydrogen-bond donors (Lipinski definition) is 0. The minimum absolute atomic E-state index is 1.28. The fraction of sp³-hybridized carbons (Fsp3) is 0.833. The van der Waals surface area contributed by atoms with Gasteiger partial charge in [0.1, 0.15) is 0 Å². The Kier molecular flexibility index (Phi) is 17.8. The molecule has 0 bridgehead atoms. The van der Waals surface area contributed by atoms with Crippen LogP contribution in [0.5, 0.6) is 0 Å². The van der Waals surface area contributed by atoms with Crippen LogP contribution < -0.4 is 0 Å². The first-order chi connectivity index (χ1) is 12.6. The molecule has 0 fully saturated rings. The fourth-order valence-electron chi connectivity index (χ4n) is 3.83. The maximum atomic E-state index is 4.07. The molecule has 26 heavy (non-hydrogen) atoms. The molecule has 0 amide bonds. The van der Waals surface area contributed by atoms with Crippen LogP contribution in [0.2, 0.25) is 6.04 Å². The fourth-order valence-corrected chi connectivity index (χ4v) is 6.40. The molecule has 0 atom stereocenters. The Hall–Kier alpha value is -0.343. The van der Waals surface area contributed by atoms with Gasteiger partial charge in [-0.2, -0.15) is 0 Å². The lowest BCUT2D eigenvalue weighted by molar-refractivity contribution is 0.530. The van der Waals surface area contributed by atoms with Crippen molar-refractivity contribution in [3.8, 4) is 0 Å². The summed E-state index contributed by atoms with van der Waals surface area (Å²) in [5.74, 6) is 0. The van der Waals surface area contributed by atoms with Gasteiger partial charge in [0.2, 0.25) is 0 Å². The first kappa shape index (κ1) is 25.7. The van der Waals surface area contributed by atoms with E-state index in [0.717, 1.165) is 0 Å². The van der Waals surface area contributed by atoms with Crippen LogP contribution in [-0.4, -0.2) is 26.9 Å². The topological polar surface area (TPSA) is 3.24 Å². The minimum Gasteiger partial charge on any atom is -0.323 e. The number of unbranched alkanes of at least 4 members (excludes halogenated alkanes) is 15. The van der Waals surface area contributed by atoms with E-state index in [9.17, 15) is 0 Å². The number of hydrogen-bond acceptors (Lipinski definition) is 1. The Bertz CT molecular complexity index is 316. The Morgan fingerprint density at radius 1 is 0.577 bits per heavy atom. The zero-order valence-electron chi connectivity index (χ0n) is 18.5. The van der Waals surface area contributed by atoms with Crippen LogP contribution in [0, 0.1) is 0 Å². The van der Waals surface area contributed by atoms with Gasteiger partial charge in [-0.3, -0.25) is 0 Å². The van der Waals surface area contributed by atoms with Gasteiger partial charge < -0.3 is 4.57 Å². The molecule has 0 saturated carbocycles. The SMILES string of the molecule is C=C[Si](C=C)(CCCCCCCCCCCCCCCCCC)N(C)C. The average Bonchev–Trinajstić information content (AvgIpc) is 2.64. The Balaban J connectivity index is 3.34. The average molecular weight is 380 g/mol. The van der Waals surface area contributed by atoms with Crippen LogP contribution in [-0.2, 0) is 0 Å². The van der Waals surface area contributed by atoms with Crippen molar-refractivity contribution in [2.45, 2.75) is 116 Å². The van der Waals surface area contributed by atoms with Crippen molar-refractivity contribution >= 4 is 8.24 Å². The molecule has 0 aromatic carbocycles. The van der Waals surface area contributed by atoms with E-state index in [0.29, 0.717) is 0 Å². The zero-order chi connectivity index (χ0) is 19.5. The largest absolute Gasteiger partial charge is 0.323 e. The molecule has 0 aliphatic heterocycles. The molecule has 0 aromatic heterocycles. The molecule has 0 saturated heterocycles. The summed E-state index contributed by atoms with van der Waals surface area (Å²) in [5, 5.41) is 0. The van der Waals surface area contributed by atoms with Crippen LogP contribution in [0.25, 0.3) is 0 Å². The highest BCUT2D eigenvalue weighted by molar-refractivity contribution is 6.86. The highest BCUT2D eigenvalue weighted by Gasteiger charge is 2.27. The smallest absolute Gasteiger partial charge is 0.176 e. The number of rotatable bonds is 20. The van der Waals surface area contributed by atoms with Gasteiger partial charge in [-0.15, -0.1) is 13.2 Å². The van der Waals surface area contributed by atoms with Gasteiger partial charge in [-0.05, 0) is 20.1 Å². The molecule has 0 rings (SSSR count). The Labute approximate surface area is 167 Å². The molecule has 0 aliphatic rings. The summed E-state index contributed by atoms with van der Waals surface area (Å²) in [5.41, 5.74) is 4.37. The minimum atomic E-state index is -1.57. The third-order valence-corrected chi connectivity index (χ3v) is 10.2. The van der Waals surface area contributed by atoms with E-state index >= 15 is 0 Å². The quantitative estimate of drug-likeness (QED) is 0.152. The second kappa shape index (κ2) is 18.0. The molecular formula is C24H49NSi. The molecule has 2 heteroatoms. The first-order valence-electron chi connectivity index (χ1n) is 11.6. The van der Waals surface area contributed by atoms with Crippen molar-refractivity contribution in [2.24, 2.45) is 0 Å². The first-order valence-corrected chi connectivity index (χ1v) is 13.9. The molecular weight excluding hydrogens is 330 g/mol. The molecule has 0 unspecified atom stereocenters. The van der Waals surface area contributed by atoms with Crippen LogP contribution in [0.1, 0.15) is 110 Å². The molecule has 154 valence electrons. The lowest BCUT2D eigenvalue weighted by atomic mass is 10.0. The second-order valence-electron chi connectivity index (χ2n) is 8.35. The highest BCUT2D eigenvalue weighted by atomic mass is 28.3. The van der Waals surface area contributed by atoms with Crippen LogP contribution in [0.4, 0.5) is 0 Å². The van der Waals surface area contributed by atoms with Gasteiger partial charge in [0, 0.05) is 0 Å². The Morgan fingerprint density at radius 3 is 1.15 bits per heavy atom. The summed E-state index contributed by atoms with van der Waals surface area (Å²) < 4.78 is 2.37. The summed E-state index contributed by atoms with van der Waals surface area (Å²) >= 11 is 0. The molecule has 0 spiro atoms. The summed E-state index contributed by atoms with van der Waals surface area (Å²) in [7, 11) is 2.80. The van der Waals surface area contributed by atoms with E-state index in [1.165, 1.54) is 109 Å². The third-order valence-electron chi connectivity index (χ3n) is 5.97. The van der Waals surface area contributed by atoms with Gasteiger partial charge >= 0.3 is 0 Å². The monoisotopic (exact) mass is 379 g/mol. The van der Waals surface area contributed by atoms with Crippen molar-refractivity contribution in [3.63, 3.8) is 0 Å². The maximum absolute atomic E-state index is 4.07. The molecule has 0 radical (unpaired) electrons. The van der Waals surface area contributed by atoms with E-state index in [1.807, 2.05) is 0 Å². The van der Waals surface area contributed by atoms with E-state index in [-0.39, 0.29) is 0 Å². The van der Waals surface area contributed by atoms with Crippen molar-refractivity contribution in [2.75, 3.05) is 14.1 Å². The van der Waals surface area contributed by atoms with Crippen molar-refractivity contribution < 1.29 is 0 Å². The van der Waals surface area contributed by atoms with Gasteiger partial charge in [0.05, 0.1) is 0 Å². The summed E-state index contributed by atoms with van der Waals surface area (Å²) in [6.07, 6.45) is 22.9. The van der Waals surface area contributed by atoms with E-state index < -0.39 is 8.24 Å². The van der Waals surface area contributed by atoms with Gasteiger partial charge in [-0.1, -0.05) is 121 Å². The van der Waals surface area contributed by atoms with Gasteiger partial charge in [0.25, 0.3) is 0 Å². The number of nitrogens with zero attached hydrogens (tertiary/aromatic N) is 1. The molecule has 0 N–H and O–H groups in total. The van der Waals surface area contributed by atoms with Gasteiger partial charge in [-0.25, -0.2) is 0 Å². The zero-order valence-corrected chi connectivity index (χ0v) is 19.5. The Morgan fingerprint density at radius 2 is 0.885 bits per heavy atom. The lowest BCUT2D eigenvalue weighted by Crippen LogP contribution is -2.46. The van der Waals surface area contributed by atoms with Gasteiger partial charge in [0.15, 0.2) is 8.24 Å². The summed E-state index contributed by atoms with van der Waals surface area (Å²) in [6, 6.07) is 1.28.